The highest BCUT2D eigenvalue weighted by Crippen LogP contribution is 2.32. The maximum absolute atomic E-state index is 9.82. The molecule has 1 heterocycles. The molecule has 0 fully saturated rings. The van der Waals surface area contributed by atoms with E-state index in [-0.39, 0.29) is 0 Å². The largest absolute Gasteiger partial charge is 0.388 e. The van der Waals surface area contributed by atoms with Crippen LogP contribution in [0.2, 0.25) is 0 Å². The Morgan fingerprint density at radius 2 is 2.33 bits per heavy atom. The van der Waals surface area contributed by atoms with Crippen molar-refractivity contribution in [3.8, 4) is 0 Å². The Morgan fingerprint density at radius 1 is 1.53 bits per heavy atom. The minimum atomic E-state index is -0.391. The van der Waals surface area contributed by atoms with Crippen LogP contribution >= 0.6 is 11.8 Å². The van der Waals surface area contributed by atoms with E-state index in [4.69, 9.17) is 5.73 Å². The van der Waals surface area contributed by atoms with Crippen LogP contribution in [-0.2, 0) is 12.8 Å². The summed E-state index contributed by atoms with van der Waals surface area (Å²) in [5, 5.41) is 10.6. The molecule has 0 spiro atoms. The lowest BCUT2D eigenvalue weighted by atomic mass is 10.1. The molecule has 0 aromatic carbocycles. The van der Waals surface area contributed by atoms with Gasteiger partial charge in [-0.15, -0.1) is 0 Å². The first-order valence-electron chi connectivity index (χ1n) is 5.08. The number of aryl methyl sites for hydroxylation is 1. The summed E-state index contributed by atoms with van der Waals surface area (Å²) >= 11 is 1.53. The van der Waals surface area contributed by atoms with Crippen molar-refractivity contribution in [3.05, 3.63) is 17.0 Å². The van der Waals surface area contributed by atoms with Crippen molar-refractivity contribution >= 4 is 11.8 Å². The summed E-state index contributed by atoms with van der Waals surface area (Å²) in [4.78, 5) is 8.83. The van der Waals surface area contributed by atoms with Crippen LogP contribution in [0.15, 0.2) is 5.16 Å². The zero-order chi connectivity index (χ0) is 10.8. The van der Waals surface area contributed by atoms with Gasteiger partial charge in [0.2, 0.25) is 0 Å². The first-order valence-corrected chi connectivity index (χ1v) is 6.30. The van der Waals surface area contributed by atoms with Gasteiger partial charge in [0.25, 0.3) is 0 Å². The van der Waals surface area contributed by atoms with Gasteiger partial charge in [-0.2, -0.15) is 0 Å². The van der Waals surface area contributed by atoms with Gasteiger partial charge in [0.05, 0.1) is 17.5 Å². The number of nitrogens with two attached hydrogens (primary N) is 1. The van der Waals surface area contributed by atoms with Gasteiger partial charge in [-0.3, -0.25) is 0 Å². The second kappa shape index (κ2) is 4.47. The van der Waals surface area contributed by atoms with Gasteiger partial charge in [0.1, 0.15) is 0 Å². The molecule has 1 aliphatic carbocycles. The number of rotatable bonds is 3. The van der Waals surface area contributed by atoms with Crippen LogP contribution < -0.4 is 5.73 Å². The average molecular weight is 225 g/mol. The quantitative estimate of drug-likeness (QED) is 0.584. The van der Waals surface area contributed by atoms with E-state index < -0.39 is 6.10 Å². The second-order valence-corrected chi connectivity index (χ2v) is 4.38. The van der Waals surface area contributed by atoms with Crippen molar-refractivity contribution in [2.45, 2.75) is 30.5 Å². The molecule has 1 aromatic heterocycles. The van der Waals surface area contributed by atoms with Gasteiger partial charge in [0.15, 0.2) is 5.16 Å². The molecule has 0 amide bonds. The monoisotopic (exact) mass is 225 g/mol. The average Bonchev–Trinajstić information content (AvgIpc) is 2.61. The molecule has 0 saturated heterocycles. The Kier molecular flexibility index (Phi) is 3.23. The summed E-state index contributed by atoms with van der Waals surface area (Å²) in [7, 11) is 0. The number of aliphatic hydroxyl groups is 1. The highest BCUT2D eigenvalue weighted by Gasteiger charge is 2.26. The predicted octanol–water partition coefficient (Wildman–Crippen LogP) is 0.679. The lowest BCUT2D eigenvalue weighted by Crippen LogP contribution is -2.10. The smallest absolute Gasteiger partial charge is 0.187 e. The van der Waals surface area contributed by atoms with Gasteiger partial charge in [-0.1, -0.05) is 11.8 Å². The van der Waals surface area contributed by atoms with E-state index >= 15 is 0 Å². The Morgan fingerprint density at radius 3 is 3.00 bits per heavy atom. The van der Waals surface area contributed by atoms with Crippen molar-refractivity contribution in [1.29, 1.82) is 0 Å². The summed E-state index contributed by atoms with van der Waals surface area (Å²) in [5.74, 6) is 0. The maximum Gasteiger partial charge on any atom is 0.187 e. The van der Waals surface area contributed by atoms with Gasteiger partial charge in [-0.05, 0) is 25.6 Å². The van der Waals surface area contributed by atoms with Crippen molar-refractivity contribution in [2.24, 2.45) is 5.73 Å². The fourth-order valence-electron chi connectivity index (χ4n) is 1.95. The van der Waals surface area contributed by atoms with Crippen LogP contribution in [0.25, 0.3) is 0 Å². The second-order valence-electron chi connectivity index (χ2n) is 3.61. The Labute approximate surface area is 93.3 Å². The number of thioether (sulfide) groups is 1. The number of aromatic nitrogens is 2. The number of fused-ring (bicyclic) bond motifs is 1. The fraction of sp³-hybridized carbons (Fsp3) is 0.600. The first kappa shape index (κ1) is 10.9. The van der Waals surface area contributed by atoms with Gasteiger partial charge in [-0.25, -0.2) is 9.97 Å². The molecular formula is C10H15N3OS. The topological polar surface area (TPSA) is 72.0 Å². The summed E-state index contributed by atoms with van der Waals surface area (Å²) in [6.45, 7) is 0.560. The SMILES string of the molecule is CSc1nc(CCN)c2c(n1)CCC2O. The Bertz CT molecular complexity index is 370. The number of nitrogens with zero attached hydrogens (tertiary/aromatic N) is 2. The van der Waals surface area contributed by atoms with Crippen molar-refractivity contribution < 1.29 is 5.11 Å². The van der Waals surface area contributed by atoms with Crippen LogP contribution in [0.3, 0.4) is 0 Å². The van der Waals surface area contributed by atoms with Crippen molar-refractivity contribution in [3.63, 3.8) is 0 Å². The fourth-order valence-corrected chi connectivity index (χ4v) is 2.36. The molecule has 5 heteroatoms. The third kappa shape index (κ3) is 2.00. The van der Waals surface area contributed by atoms with Crippen LogP contribution in [0.1, 0.15) is 29.5 Å². The van der Waals surface area contributed by atoms with E-state index in [0.717, 1.165) is 41.4 Å². The van der Waals surface area contributed by atoms with E-state index in [2.05, 4.69) is 9.97 Å². The third-order valence-electron chi connectivity index (χ3n) is 2.63. The standard InChI is InChI=1S/C10H15N3OS/c1-15-10-12-6-2-3-8(14)9(6)7(13-10)4-5-11/h8,14H,2-5,11H2,1H3. The minimum Gasteiger partial charge on any atom is -0.388 e. The summed E-state index contributed by atoms with van der Waals surface area (Å²) < 4.78 is 0. The summed E-state index contributed by atoms with van der Waals surface area (Å²) in [6.07, 6.45) is 3.90. The normalized spacial score (nSPS) is 19.3. The van der Waals surface area contributed by atoms with Crippen LogP contribution in [0.4, 0.5) is 0 Å². The molecule has 0 saturated carbocycles. The first-order chi connectivity index (χ1) is 7.26. The Balaban J connectivity index is 2.46. The predicted molar refractivity (Wildman–Crippen MR) is 59.9 cm³/mol. The highest BCUT2D eigenvalue weighted by atomic mass is 32.2. The van der Waals surface area contributed by atoms with E-state index in [0.29, 0.717) is 6.54 Å². The summed E-state index contributed by atoms with van der Waals surface area (Å²) in [6, 6.07) is 0. The molecular weight excluding hydrogens is 210 g/mol. The van der Waals surface area contributed by atoms with Crippen molar-refractivity contribution in [1.82, 2.24) is 9.97 Å². The third-order valence-corrected chi connectivity index (χ3v) is 3.18. The molecule has 0 radical (unpaired) electrons. The molecule has 4 nitrogen and oxygen atoms in total. The molecule has 2 rings (SSSR count). The van der Waals surface area contributed by atoms with Crippen LogP contribution in [0, 0.1) is 0 Å². The molecule has 0 aliphatic heterocycles. The van der Waals surface area contributed by atoms with E-state index in [1.54, 1.807) is 0 Å². The maximum atomic E-state index is 9.82. The van der Waals surface area contributed by atoms with Crippen LogP contribution in [-0.4, -0.2) is 27.9 Å². The molecule has 1 aliphatic rings. The molecule has 1 unspecified atom stereocenters. The number of aliphatic hydroxyl groups excluding tert-OH is 1. The van der Waals surface area contributed by atoms with E-state index in [9.17, 15) is 5.11 Å². The molecule has 3 N–H and O–H groups in total. The highest BCUT2D eigenvalue weighted by molar-refractivity contribution is 7.98. The summed E-state index contributed by atoms with van der Waals surface area (Å²) in [5.41, 5.74) is 8.40. The molecule has 1 aromatic rings. The molecule has 0 bridgehead atoms. The van der Waals surface area contributed by atoms with E-state index in [1.165, 1.54) is 11.8 Å². The van der Waals surface area contributed by atoms with Crippen LogP contribution in [0.5, 0.6) is 0 Å². The van der Waals surface area contributed by atoms with E-state index in [1.807, 2.05) is 6.26 Å². The lowest BCUT2D eigenvalue weighted by Gasteiger charge is -2.10. The molecule has 15 heavy (non-hydrogen) atoms. The zero-order valence-electron chi connectivity index (χ0n) is 8.73. The lowest BCUT2D eigenvalue weighted by molar-refractivity contribution is 0.178. The number of hydrogen-bond acceptors (Lipinski definition) is 5. The van der Waals surface area contributed by atoms with Crippen molar-refractivity contribution in [2.75, 3.05) is 12.8 Å². The van der Waals surface area contributed by atoms with Gasteiger partial charge in [0, 0.05) is 12.0 Å². The minimum absolute atomic E-state index is 0.391. The Hall–Kier alpha value is -0.650. The van der Waals surface area contributed by atoms with Gasteiger partial charge >= 0.3 is 0 Å². The molecule has 1 atom stereocenters. The molecule has 82 valence electrons. The van der Waals surface area contributed by atoms with Gasteiger partial charge < -0.3 is 10.8 Å². The number of hydrogen-bond donors (Lipinski definition) is 2. The zero-order valence-corrected chi connectivity index (χ0v) is 9.55.